The summed E-state index contributed by atoms with van der Waals surface area (Å²) in [6, 6.07) is 12.1. The number of fused-ring (bicyclic) bond motifs is 1. The summed E-state index contributed by atoms with van der Waals surface area (Å²) < 4.78 is 22.6. The molecule has 1 aliphatic heterocycles. The van der Waals surface area contributed by atoms with E-state index in [9.17, 15) is 9.59 Å². The number of benzene rings is 2. The molecule has 0 spiro atoms. The molecule has 0 saturated heterocycles. The van der Waals surface area contributed by atoms with Gasteiger partial charge in [0.05, 0.1) is 16.1 Å². The summed E-state index contributed by atoms with van der Waals surface area (Å²) in [6.07, 6.45) is 9.22. The highest BCUT2D eigenvalue weighted by atomic mass is 35.5. The summed E-state index contributed by atoms with van der Waals surface area (Å²) >= 11 is 6.27. The molecule has 1 N–H and O–H groups in total. The Morgan fingerprint density at radius 3 is 2.71 bits per heavy atom. The van der Waals surface area contributed by atoms with Crippen molar-refractivity contribution in [2.24, 2.45) is 0 Å². The standard InChI is InChI=1S/C28H22ClN3O6/c29-24-9-22(16-34)26(37-18-21-8-20(12-30)13-31-14-21)11-27(24)38-17-19(15-33)2-1-5-32-23-3-4-25-28(10-23)36-7-6-35-25/h1-5,8-11,13-16,32H,6-7,17-18H2/b5-1-,19-2+. The second-order valence-electron chi connectivity index (χ2n) is 7.93. The molecule has 192 valence electrons. The summed E-state index contributed by atoms with van der Waals surface area (Å²) in [5.74, 6) is 1.84. The zero-order valence-corrected chi connectivity index (χ0v) is 20.8. The Hall–Kier alpha value is -4.81. The predicted octanol–water partition coefficient (Wildman–Crippen LogP) is 4.90. The second kappa shape index (κ2) is 12.9. The first kappa shape index (κ1) is 26.3. The van der Waals surface area contributed by atoms with Gasteiger partial charge in [0.1, 0.15) is 50.3 Å². The normalized spacial score (nSPS) is 12.5. The molecule has 0 saturated carbocycles. The molecule has 1 aliphatic rings. The molecule has 0 amide bonds. The maximum absolute atomic E-state index is 11.5. The Bertz CT molecular complexity index is 1430. The van der Waals surface area contributed by atoms with Crippen LogP contribution in [0.5, 0.6) is 23.0 Å². The minimum absolute atomic E-state index is 0.0639. The second-order valence-corrected chi connectivity index (χ2v) is 8.34. The van der Waals surface area contributed by atoms with E-state index < -0.39 is 0 Å². The van der Waals surface area contributed by atoms with Gasteiger partial charge in [0.25, 0.3) is 0 Å². The molecule has 1 aromatic heterocycles. The number of carbonyl (C=O) groups is 2. The summed E-state index contributed by atoms with van der Waals surface area (Å²) in [5.41, 5.74) is 2.42. The van der Waals surface area contributed by atoms with Crippen LogP contribution in [-0.4, -0.2) is 37.4 Å². The van der Waals surface area contributed by atoms with Crippen molar-refractivity contribution in [3.05, 3.63) is 94.4 Å². The number of aromatic nitrogens is 1. The number of anilines is 1. The lowest BCUT2D eigenvalue weighted by molar-refractivity contribution is -0.105. The van der Waals surface area contributed by atoms with Crippen LogP contribution in [0.3, 0.4) is 0 Å². The molecule has 4 rings (SSSR count). The molecule has 0 bridgehead atoms. The highest BCUT2D eigenvalue weighted by Crippen LogP contribution is 2.34. The Morgan fingerprint density at radius 1 is 1.08 bits per heavy atom. The summed E-state index contributed by atoms with van der Waals surface area (Å²) in [6.45, 7) is 1.04. The van der Waals surface area contributed by atoms with Crippen LogP contribution in [0.25, 0.3) is 0 Å². The Morgan fingerprint density at radius 2 is 1.92 bits per heavy atom. The number of ether oxygens (including phenoxy) is 4. The van der Waals surface area contributed by atoms with Gasteiger partial charge in [0.2, 0.25) is 0 Å². The monoisotopic (exact) mass is 531 g/mol. The van der Waals surface area contributed by atoms with Crippen molar-refractivity contribution >= 4 is 29.9 Å². The summed E-state index contributed by atoms with van der Waals surface area (Å²) in [5, 5.41) is 12.3. The van der Waals surface area contributed by atoms with E-state index in [2.05, 4.69) is 10.3 Å². The molecular formula is C28H22ClN3O6. The summed E-state index contributed by atoms with van der Waals surface area (Å²) in [7, 11) is 0. The van der Waals surface area contributed by atoms with Gasteiger partial charge in [-0.25, -0.2) is 0 Å². The van der Waals surface area contributed by atoms with Crippen LogP contribution in [0.15, 0.2) is 72.7 Å². The van der Waals surface area contributed by atoms with Crippen molar-refractivity contribution in [1.82, 2.24) is 4.98 Å². The Labute approximate surface area is 223 Å². The molecule has 0 fully saturated rings. The topological polar surface area (TPSA) is 120 Å². The van der Waals surface area contributed by atoms with Crippen LogP contribution >= 0.6 is 11.6 Å². The lowest BCUT2D eigenvalue weighted by atomic mass is 10.2. The molecule has 2 aromatic carbocycles. The molecule has 0 aliphatic carbocycles. The van der Waals surface area contributed by atoms with Crippen LogP contribution in [0.1, 0.15) is 21.5 Å². The van der Waals surface area contributed by atoms with E-state index in [-0.39, 0.29) is 35.3 Å². The molecular weight excluding hydrogens is 510 g/mol. The third-order valence-electron chi connectivity index (χ3n) is 5.25. The fourth-order valence-corrected chi connectivity index (χ4v) is 3.62. The van der Waals surface area contributed by atoms with Gasteiger partial charge >= 0.3 is 0 Å². The van der Waals surface area contributed by atoms with Gasteiger partial charge in [0, 0.05) is 47.6 Å². The minimum atomic E-state index is -0.0639. The SMILES string of the molecule is N#Cc1cncc(COc2cc(OC/C(C=O)=C/C=C\Nc3ccc4c(c3)OCCO4)c(Cl)cc2C=O)c1. The Kier molecular flexibility index (Phi) is 8.94. The fraction of sp³-hybridized carbons (Fsp3) is 0.143. The third kappa shape index (κ3) is 6.90. The first-order valence-electron chi connectivity index (χ1n) is 11.4. The van der Waals surface area contributed by atoms with E-state index in [0.29, 0.717) is 54.0 Å². The number of nitrogens with zero attached hydrogens (tertiary/aromatic N) is 2. The number of rotatable bonds is 11. The first-order chi connectivity index (χ1) is 18.6. The molecule has 0 atom stereocenters. The van der Waals surface area contributed by atoms with Gasteiger partial charge in [-0.3, -0.25) is 14.6 Å². The van der Waals surface area contributed by atoms with E-state index >= 15 is 0 Å². The lowest BCUT2D eigenvalue weighted by Gasteiger charge is -2.18. The van der Waals surface area contributed by atoms with E-state index in [1.807, 2.05) is 24.3 Å². The number of nitrogens with one attached hydrogen (secondary N) is 1. The maximum Gasteiger partial charge on any atom is 0.163 e. The van der Waals surface area contributed by atoms with Gasteiger partial charge < -0.3 is 24.3 Å². The summed E-state index contributed by atoms with van der Waals surface area (Å²) in [4.78, 5) is 27.1. The van der Waals surface area contributed by atoms with Crippen molar-refractivity contribution in [3.63, 3.8) is 0 Å². The number of carbonyl (C=O) groups excluding carboxylic acids is 2. The average Bonchev–Trinajstić information content (AvgIpc) is 2.96. The average molecular weight is 532 g/mol. The fourth-order valence-electron chi connectivity index (χ4n) is 3.40. The van der Waals surface area contributed by atoms with Gasteiger partial charge in [-0.05, 0) is 30.3 Å². The van der Waals surface area contributed by atoms with Crippen LogP contribution in [-0.2, 0) is 11.4 Å². The highest BCUT2D eigenvalue weighted by molar-refractivity contribution is 6.32. The quantitative estimate of drug-likeness (QED) is 0.209. The van der Waals surface area contributed by atoms with Gasteiger partial charge in [-0.1, -0.05) is 17.7 Å². The van der Waals surface area contributed by atoms with Crippen molar-refractivity contribution in [3.8, 4) is 29.1 Å². The van der Waals surface area contributed by atoms with Crippen LogP contribution in [0, 0.1) is 11.3 Å². The molecule has 10 heteroatoms. The van der Waals surface area contributed by atoms with Crippen LogP contribution in [0.2, 0.25) is 5.02 Å². The van der Waals surface area contributed by atoms with Crippen LogP contribution < -0.4 is 24.3 Å². The molecule has 9 nitrogen and oxygen atoms in total. The molecule has 2 heterocycles. The number of hydrogen-bond acceptors (Lipinski definition) is 9. The molecule has 0 radical (unpaired) electrons. The van der Waals surface area contributed by atoms with Gasteiger partial charge in [-0.15, -0.1) is 0 Å². The third-order valence-corrected chi connectivity index (χ3v) is 5.55. The van der Waals surface area contributed by atoms with Gasteiger partial charge in [-0.2, -0.15) is 5.26 Å². The predicted molar refractivity (Wildman–Crippen MR) is 140 cm³/mol. The number of halogens is 1. The maximum atomic E-state index is 11.5. The largest absolute Gasteiger partial charge is 0.488 e. The van der Waals surface area contributed by atoms with Crippen molar-refractivity contribution in [2.75, 3.05) is 25.1 Å². The van der Waals surface area contributed by atoms with E-state index in [0.717, 1.165) is 5.69 Å². The lowest BCUT2D eigenvalue weighted by Crippen LogP contribution is -2.15. The van der Waals surface area contributed by atoms with E-state index in [4.69, 9.17) is 35.8 Å². The van der Waals surface area contributed by atoms with E-state index in [1.165, 1.54) is 18.3 Å². The number of aldehydes is 2. The first-order valence-corrected chi connectivity index (χ1v) is 11.8. The van der Waals surface area contributed by atoms with Crippen LogP contribution in [0.4, 0.5) is 5.69 Å². The van der Waals surface area contributed by atoms with Crippen molar-refractivity contribution in [1.29, 1.82) is 5.26 Å². The smallest absolute Gasteiger partial charge is 0.163 e. The zero-order chi connectivity index (χ0) is 26.7. The zero-order valence-electron chi connectivity index (χ0n) is 20.1. The molecule has 0 unspecified atom stereocenters. The van der Waals surface area contributed by atoms with Crippen molar-refractivity contribution in [2.45, 2.75) is 6.61 Å². The Balaban J connectivity index is 1.38. The van der Waals surface area contributed by atoms with Gasteiger partial charge in [0.15, 0.2) is 17.8 Å². The number of allylic oxidation sites excluding steroid dienone is 2. The highest BCUT2D eigenvalue weighted by Gasteiger charge is 2.13. The molecule has 38 heavy (non-hydrogen) atoms. The number of pyridine rings is 1. The number of hydrogen-bond donors (Lipinski definition) is 1. The van der Waals surface area contributed by atoms with E-state index in [1.54, 1.807) is 30.6 Å². The molecule has 3 aromatic rings. The minimum Gasteiger partial charge on any atom is -0.488 e. The number of nitriles is 1. The van der Waals surface area contributed by atoms with Crippen molar-refractivity contribution < 1.29 is 28.5 Å².